The molecule has 1 fully saturated rings. The summed E-state index contributed by atoms with van der Waals surface area (Å²) in [7, 11) is 0. The number of aliphatic hydroxyl groups is 1. The van der Waals surface area contributed by atoms with Gasteiger partial charge in [0.2, 0.25) is 0 Å². The summed E-state index contributed by atoms with van der Waals surface area (Å²) in [5.74, 6) is -0.472. The molecule has 0 saturated carbocycles. The largest absolute Gasteiger partial charge is 0.464 e. The van der Waals surface area contributed by atoms with Gasteiger partial charge in [-0.15, -0.1) is 0 Å². The number of esters is 1. The smallest absolute Gasteiger partial charge is 0.337 e. The van der Waals surface area contributed by atoms with Gasteiger partial charge in [-0.25, -0.2) is 4.79 Å². The van der Waals surface area contributed by atoms with Gasteiger partial charge in [0, 0.05) is 5.41 Å². The van der Waals surface area contributed by atoms with Gasteiger partial charge >= 0.3 is 5.97 Å². The molecule has 1 heterocycles. The molecular weight excluding hydrogens is 172 g/mol. The zero-order valence-electron chi connectivity index (χ0n) is 8.24. The van der Waals surface area contributed by atoms with Crippen LogP contribution < -0.4 is 0 Å². The maximum absolute atomic E-state index is 11.2. The third-order valence-electron chi connectivity index (χ3n) is 2.24. The minimum atomic E-state index is -0.810. The maximum Gasteiger partial charge on any atom is 0.337 e. The predicted octanol–water partition coefficient (Wildman–Crippen LogP) is 0.335. The maximum atomic E-state index is 11.2. The van der Waals surface area contributed by atoms with Crippen LogP contribution in [0.3, 0.4) is 0 Å². The summed E-state index contributed by atoms with van der Waals surface area (Å²) in [5.41, 5.74) is -0.364. The Hall–Kier alpha value is -0.610. The summed E-state index contributed by atoms with van der Waals surface area (Å²) >= 11 is 0. The van der Waals surface area contributed by atoms with Gasteiger partial charge in [0.25, 0.3) is 0 Å². The van der Waals surface area contributed by atoms with E-state index in [2.05, 4.69) is 0 Å². The zero-order chi connectivity index (χ0) is 10.1. The Kier molecular flexibility index (Phi) is 2.93. The molecule has 0 aromatic rings. The Bertz CT molecular complexity index is 200. The fourth-order valence-corrected chi connectivity index (χ4v) is 1.31. The lowest BCUT2D eigenvalue weighted by Gasteiger charge is -2.21. The van der Waals surface area contributed by atoms with Gasteiger partial charge in [-0.3, -0.25) is 0 Å². The summed E-state index contributed by atoms with van der Waals surface area (Å²) in [6.45, 7) is 6.14. The molecule has 13 heavy (non-hydrogen) atoms. The molecule has 0 spiro atoms. The third kappa shape index (κ3) is 2.00. The van der Waals surface area contributed by atoms with Crippen molar-refractivity contribution in [2.75, 3.05) is 13.2 Å². The molecule has 1 N–H and O–H groups in total. The van der Waals surface area contributed by atoms with Crippen molar-refractivity contribution in [2.45, 2.75) is 33.0 Å². The van der Waals surface area contributed by atoms with Crippen LogP contribution in [0, 0.1) is 5.41 Å². The van der Waals surface area contributed by atoms with Gasteiger partial charge in [0.05, 0.1) is 19.3 Å². The summed E-state index contributed by atoms with van der Waals surface area (Å²) in [4.78, 5) is 11.2. The summed E-state index contributed by atoms with van der Waals surface area (Å²) in [5, 5.41) is 9.69. The second-order valence-electron chi connectivity index (χ2n) is 3.92. The first-order valence-corrected chi connectivity index (χ1v) is 4.45. The number of carbonyl (C=O) groups excluding carboxylic acids is 1. The van der Waals surface area contributed by atoms with E-state index in [4.69, 9.17) is 9.47 Å². The summed E-state index contributed by atoms with van der Waals surface area (Å²) in [6.07, 6.45) is -1.58. The molecule has 0 unspecified atom stereocenters. The zero-order valence-corrected chi connectivity index (χ0v) is 8.24. The minimum absolute atomic E-state index is 0.311. The molecule has 4 nitrogen and oxygen atoms in total. The number of aliphatic hydroxyl groups excluding tert-OH is 1. The molecule has 1 aliphatic rings. The monoisotopic (exact) mass is 188 g/mol. The van der Waals surface area contributed by atoms with Gasteiger partial charge < -0.3 is 14.6 Å². The van der Waals surface area contributed by atoms with E-state index in [9.17, 15) is 9.90 Å². The molecule has 0 bridgehead atoms. The second kappa shape index (κ2) is 3.64. The van der Waals surface area contributed by atoms with Crippen LogP contribution in [0.15, 0.2) is 0 Å². The van der Waals surface area contributed by atoms with E-state index in [0.717, 1.165) is 0 Å². The number of hydrogen-bond acceptors (Lipinski definition) is 4. The van der Waals surface area contributed by atoms with Gasteiger partial charge in [-0.1, -0.05) is 13.8 Å². The molecule has 4 heteroatoms. The Morgan fingerprint density at radius 1 is 1.69 bits per heavy atom. The van der Waals surface area contributed by atoms with Crippen LogP contribution >= 0.6 is 0 Å². The van der Waals surface area contributed by atoms with E-state index >= 15 is 0 Å². The molecule has 2 atom stereocenters. The molecule has 0 aromatic heterocycles. The predicted molar refractivity (Wildman–Crippen MR) is 46.2 cm³/mol. The second-order valence-corrected chi connectivity index (χ2v) is 3.92. The molecule has 0 aliphatic carbocycles. The van der Waals surface area contributed by atoms with Crippen molar-refractivity contribution in [3.8, 4) is 0 Å². The fourth-order valence-electron chi connectivity index (χ4n) is 1.31. The van der Waals surface area contributed by atoms with E-state index in [-0.39, 0.29) is 5.41 Å². The SMILES string of the molecule is CCOC(=O)[C@H]1OCC(C)(C)[C@@H]1O. The average molecular weight is 188 g/mol. The van der Waals surface area contributed by atoms with Crippen molar-refractivity contribution in [1.29, 1.82) is 0 Å². The molecule has 76 valence electrons. The number of carbonyl (C=O) groups is 1. The lowest BCUT2D eigenvalue weighted by Crippen LogP contribution is -2.38. The number of hydrogen-bond donors (Lipinski definition) is 1. The minimum Gasteiger partial charge on any atom is -0.464 e. The highest BCUT2D eigenvalue weighted by molar-refractivity contribution is 5.76. The fraction of sp³-hybridized carbons (Fsp3) is 0.889. The normalized spacial score (nSPS) is 31.7. The van der Waals surface area contributed by atoms with Crippen molar-refractivity contribution >= 4 is 5.97 Å². The van der Waals surface area contributed by atoms with E-state index in [1.54, 1.807) is 6.92 Å². The lowest BCUT2D eigenvalue weighted by atomic mass is 9.87. The van der Waals surface area contributed by atoms with Crippen molar-refractivity contribution in [1.82, 2.24) is 0 Å². The summed E-state index contributed by atoms with van der Waals surface area (Å²) in [6, 6.07) is 0. The Labute approximate surface area is 77.8 Å². The third-order valence-corrected chi connectivity index (χ3v) is 2.24. The van der Waals surface area contributed by atoms with Crippen molar-refractivity contribution in [2.24, 2.45) is 5.41 Å². The van der Waals surface area contributed by atoms with Crippen molar-refractivity contribution < 1.29 is 19.4 Å². The van der Waals surface area contributed by atoms with Crippen LogP contribution in [-0.4, -0.2) is 36.5 Å². The van der Waals surface area contributed by atoms with Crippen LogP contribution in [0.5, 0.6) is 0 Å². The molecule has 1 saturated heterocycles. The molecular formula is C9H16O4. The van der Waals surface area contributed by atoms with Crippen LogP contribution in [0.1, 0.15) is 20.8 Å². The Morgan fingerprint density at radius 3 is 2.69 bits per heavy atom. The highest BCUT2D eigenvalue weighted by atomic mass is 16.6. The highest BCUT2D eigenvalue weighted by Gasteiger charge is 2.46. The quantitative estimate of drug-likeness (QED) is 0.635. The molecule has 0 radical (unpaired) electrons. The highest BCUT2D eigenvalue weighted by Crippen LogP contribution is 2.32. The molecule has 1 rings (SSSR count). The van der Waals surface area contributed by atoms with Gasteiger partial charge in [-0.05, 0) is 6.92 Å². The van der Waals surface area contributed by atoms with E-state index < -0.39 is 18.2 Å². The van der Waals surface area contributed by atoms with Gasteiger partial charge in [0.1, 0.15) is 0 Å². The van der Waals surface area contributed by atoms with E-state index in [1.165, 1.54) is 0 Å². The van der Waals surface area contributed by atoms with Gasteiger partial charge in [-0.2, -0.15) is 0 Å². The standard InChI is InChI=1S/C9H16O4/c1-4-12-8(11)6-7(10)9(2,3)5-13-6/h6-7,10H,4-5H2,1-3H3/t6-,7+/m0/s1. The van der Waals surface area contributed by atoms with Crippen molar-refractivity contribution in [3.05, 3.63) is 0 Å². The number of ether oxygens (including phenoxy) is 2. The first kappa shape index (κ1) is 10.5. The summed E-state index contributed by atoms with van der Waals surface area (Å²) < 4.78 is 9.94. The molecule has 0 aromatic carbocycles. The first-order valence-electron chi connectivity index (χ1n) is 4.45. The molecule has 0 amide bonds. The van der Waals surface area contributed by atoms with Crippen LogP contribution in [0.2, 0.25) is 0 Å². The topological polar surface area (TPSA) is 55.8 Å². The first-order chi connectivity index (χ1) is 5.99. The number of rotatable bonds is 2. The van der Waals surface area contributed by atoms with Crippen molar-refractivity contribution in [3.63, 3.8) is 0 Å². The molecule has 1 aliphatic heterocycles. The Morgan fingerprint density at radius 2 is 2.31 bits per heavy atom. The van der Waals surface area contributed by atoms with Crippen LogP contribution in [-0.2, 0) is 14.3 Å². The van der Waals surface area contributed by atoms with E-state index in [0.29, 0.717) is 13.2 Å². The van der Waals surface area contributed by atoms with E-state index in [1.807, 2.05) is 13.8 Å². The van der Waals surface area contributed by atoms with Crippen LogP contribution in [0.25, 0.3) is 0 Å². The van der Waals surface area contributed by atoms with Crippen LogP contribution in [0.4, 0.5) is 0 Å². The van der Waals surface area contributed by atoms with Gasteiger partial charge in [0.15, 0.2) is 6.10 Å². The average Bonchev–Trinajstić information content (AvgIpc) is 2.28. The Balaban J connectivity index is 2.59. The lowest BCUT2D eigenvalue weighted by molar-refractivity contribution is -0.157.